The number of aryl methyl sites for hydroxylation is 1. The summed E-state index contributed by atoms with van der Waals surface area (Å²) < 4.78 is 21.7. The maximum Gasteiger partial charge on any atom is 0.410 e. The minimum Gasteiger partial charge on any atom is -0.444 e. The Morgan fingerprint density at radius 2 is 2.09 bits per heavy atom. The molecule has 3 aromatic rings. The number of benzene rings is 1. The summed E-state index contributed by atoms with van der Waals surface area (Å²) in [5.41, 5.74) is 0.729. The van der Waals surface area contributed by atoms with Crippen LogP contribution in [-0.2, 0) is 18.2 Å². The van der Waals surface area contributed by atoms with Crippen LogP contribution in [0, 0.1) is 11.7 Å². The van der Waals surface area contributed by atoms with Gasteiger partial charge >= 0.3 is 6.09 Å². The number of rotatable bonds is 2. The van der Waals surface area contributed by atoms with Crippen molar-refractivity contribution in [1.29, 1.82) is 0 Å². The molecule has 0 aliphatic carbocycles. The molecule has 0 spiro atoms. The molecule has 1 fully saturated rings. The highest BCUT2D eigenvalue weighted by molar-refractivity contribution is 8.00. The minimum atomic E-state index is -0.475. The van der Waals surface area contributed by atoms with E-state index < -0.39 is 5.60 Å². The Kier molecular flexibility index (Phi) is 5.68. The number of halogens is 1. The van der Waals surface area contributed by atoms with Crippen LogP contribution in [0.25, 0.3) is 21.5 Å². The summed E-state index contributed by atoms with van der Waals surface area (Å²) >= 11 is 3.52. The van der Waals surface area contributed by atoms with Gasteiger partial charge in [-0.25, -0.2) is 14.2 Å². The molecular weight excluding hydrogens is 459 g/mol. The summed E-state index contributed by atoms with van der Waals surface area (Å²) in [5.74, 6) is 0.229. The van der Waals surface area contributed by atoms with Crippen LogP contribution in [0.2, 0.25) is 0 Å². The van der Waals surface area contributed by atoms with Crippen molar-refractivity contribution in [3.05, 3.63) is 29.0 Å². The molecule has 3 atom stereocenters. The predicted molar refractivity (Wildman–Crippen MR) is 130 cm³/mol. The highest BCUT2D eigenvalue weighted by Gasteiger charge is 2.38. The van der Waals surface area contributed by atoms with Crippen LogP contribution in [0.3, 0.4) is 0 Å². The fourth-order valence-electron chi connectivity index (χ4n) is 4.79. The van der Waals surface area contributed by atoms with Gasteiger partial charge in [0.25, 0.3) is 0 Å². The first-order valence-electron chi connectivity index (χ1n) is 11.4. The molecule has 3 unspecified atom stereocenters. The average molecular weight is 489 g/mol. The zero-order valence-corrected chi connectivity index (χ0v) is 21.2. The first-order chi connectivity index (χ1) is 15.6. The summed E-state index contributed by atoms with van der Waals surface area (Å²) in [6.07, 6.45) is 4.56. The highest BCUT2D eigenvalue weighted by Crippen LogP contribution is 2.47. The smallest absolute Gasteiger partial charge is 0.410 e. The molecule has 0 radical (unpaired) electrons. The Morgan fingerprint density at radius 1 is 1.30 bits per heavy atom. The van der Waals surface area contributed by atoms with Gasteiger partial charge in [0, 0.05) is 46.9 Å². The Bertz CT molecular complexity index is 1190. The zero-order valence-electron chi connectivity index (χ0n) is 19.6. The third-order valence-corrected chi connectivity index (χ3v) is 8.98. The van der Waals surface area contributed by atoms with E-state index in [0.717, 1.165) is 46.8 Å². The van der Waals surface area contributed by atoms with E-state index in [1.807, 2.05) is 49.7 Å². The van der Waals surface area contributed by atoms with Gasteiger partial charge < -0.3 is 9.64 Å². The van der Waals surface area contributed by atoms with Crippen LogP contribution >= 0.6 is 23.1 Å². The molecule has 0 N–H and O–H groups in total. The van der Waals surface area contributed by atoms with Crippen molar-refractivity contribution in [1.82, 2.24) is 19.7 Å². The predicted octanol–water partition coefficient (Wildman–Crippen LogP) is 5.89. The number of hydrogen-bond acceptors (Lipinski definition) is 6. The van der Waals surface area contributed by atoms with Crippen molar-refractivity contribution in [3.63, 3.8) is 0 Å². The standard InChI is InChI=1S/C24H29FN4O2S2/c1-13-8-14(6-7-29(13)23(30)31-24(2,3)4)18-11-19-22(32-18)26-21(33-19)15-9-16-12-28(5)27-20(16)17(25)10-15/h9-10,12-14,18H,6-8,11H2,1-5H3. The molecule has 2 aliphatic heterocycles. The third kappa shape index (κ3) is 4.49. The van der Waals surface area contributed by atoms with E-state index in [9.17, 15) is 9.18 Å². The van der Waals surface area contributed by atoms with Crippen molar-refractivity contribution in [2.24, 2.45) is 13.0 Å². The molecule has 1 aromatic carbocycles. The normalized spacial score (nSPS) is 23.2. The lowest BCUT2D eigenvalue weighted by Gasteiger charge is -2.40. The number of carbonyl (C=O) groups excluding carboxylic acids is 1. The minimum absolute atomic E-state index is 0.163. The van der Waals surface area contributed by atoms with Crippen molar-refractivity contribution >= 4 is 40.1 Å². The molecule has 1 amide bonds. The molecule has 2 aliphatic rings. The lowest BCUT2D eigenvalue weighted by atomic mass is 9.87. The maximum atomic E-state index is 14.5. The number of fused-ring (bicyclic) bond motifs is 2. The number of thiazole rings is 1. The quantitative estimate of drug-likeness (QED) is 0.450. The molecular formula is C24H29FN4O2S2. The van der Waals surface area contributed by atoms with Gasteiger partial charge in [0.15, 0.2) is 5.82 Å². The van der Waals surface area contributed by atoms with Gasteiger partial charge in [-0.2, -0.15) is 5.10 Å². The summed E-state index contributed by atoms with van der Waals surface area (Å²) in [4.78, 5) is 20.6. The molecule has 1 saturated heterocycles. The van der Waals surface area contributed by atoms with E-state index >= 15 is 0 Å². The number of carbonyl (C=O) groups is 1. The van der Waals surface area contributed by atoms with E-state index in [1.165, 1.54) is 4.88 Å². The lowest BCUT2D eigenvalue weighted by molar-refractivity contribution is 0.00709. The van der Waals surface area contributed by atoms with Gasteiger partial charge in [-0.15, -0.1) is 23.1 Å². The number of hydrogen-bond donors (Lipinski definition) is 0. The molecule has 5 rings (SSSR count). The summed E-state index contributed by atoms with van der Waals surface area (Å²) in [6, 6.07) is 3.67. The van der Waals surface area contributed by atoms with Crippen LogP contribution in [0.15, 0.2) is 23.4 Å². The van der Waals surface area contributed by atoms with Crippen LogP contribution in [0.4, 0.5) is 9.18 Å². The molecule has 4 heterocycles. The number of piperidine rings is 1. The number of amides is 1. The van der Waals surface area contributed by atoms with E-state index in [4.69, 9.17) is 9.72 Å². The average Bonchev–Trinajstić information content (AvgIpc) is 3.38. The van der Waals surface area contributed by atoms with Crippen LogP contribution in [-0.4, -0.2) is 49.2 Å². The van der Waals surface area contributed by atoms with Gasteiger partial charge in [-0.3, -0.25) is 4.68 Å². The number of ether oxygens (including phenoxy) is 1. The van der Waals surface area contributed by atoms with Gasteiger partial charge in [-0.1, -0.05) is 0 Å². The highest BCUT2D eigenvalue weighted by atomic mass is 32.2. The largest absolute Gasteiger partial charge is 0.444 e. The Balaban J connectivity index is 1.25. The number of nitrogens with zero attached hydrogens (tertiary/aromatic N) is 4. The number of aromatic nitrogens is 3. The summed E-state index contributed by atoms with van der Waals surface area (Å²) in [6.45, 7) is 8.56. The second kappa shape index (κ2) is 8.27. The number of likely N-dealkylation sites (tertiary alicyclic amines) is 1. The molecule has 176 valence electrons. The second-order valence-electron chi connectivity index (χ2n) is 10.1. The number of thioether (sulfide) groups is 1. The van der Waals surface area contributed by atoms with E-state index in [0.29, 0.717) is 16.7 Å². The topological polar surface area (TPSA) is 60.2 Å². The Hall–Kier alpha value is -2.13. The van der Waals surface area contributed by atoms with E-state index in [-0.39, 0.29) is 18.0 Å². The van der Waals surface area contributed by atoms with Gasteiger partial charge in [0.1, 0.15) is 21.2 Å². The first kappa shape index (κ1) is 22.7. The Labute approximate surface area is 201 Å². The van der Waals surface area contributed by atoms with Crippen LogP contribution in [0.5, 0.6) is 0 Å². The van der Waals surface area contributed by atoms with Gasteiger partial charge in [0.05, 0.1) is 0 Å². The van der Waals surface area contributed by atoms with Crippen LogP contribution in [0.1, 0.15) is 45.4 Å². The van der Waals surface area contributed by atoms with E-state index in [2.05, 4.69) is 12.0 Å². The zero-order chi connectivity index (χ0) is 23.5. The van der Waals surface area contributed by atoms with Crippen molar-refractivity contribution < 1.29 is 13.9 Å². The fraction of sp³-hybridized carbons (Fsp3) is 0.542. The SMILES string of the molecule is CC1CC(C2Cc3sc(-c4cc(F)c5nn(C)cc5c4)nc3S2)CCN1C(=O)OC(C)(C)C. The molecule has 33 heavy (non-hydrogen) atoms. The maximum absolute atomic E-state index is 14.5. The molecule has 6 nitrogen and oxygen atoms in total. The lowest BCUT2D eigenvalue weighted by Crippen LogP contribution is -2.48. The van der Waals surface area contributed by atoms with Gasteiger partial charge in [0.2, 0.25) is 0 Å². The molecule has 0 bridgehead atoms. The van der Waals surface area contributed by atoms with Gasteiger partial charge in [-0.05, 0) is 65.0 Å². The summed E-state index contributed by atoms with van der Waals surface area (Å²) in [5, 5.41) is 7.40. The Morgan fingerprint density at radius 3 is 2.79 bits per heavy atom. The first-order valence-corrected chi connectivity index (χ1v) is 13.1. The fourth-order valence-corrected chi connectivity index (χ4v) is 7.56. The molecule has 2 aromatic heterocycles. The van der Waals surface area contributed by atoms with E-state index in [1.54, 1.807) is 29.1 Å². The summed E-state index contributed by atoms with van der Waals surface area (Å²) in [7, 11) is 1.80. The molecule has 0 saturated carbocycles. The van der Waals surface area contributed by atoms with Crippen molar-refractivity contribution in [2.75, 3.05) is 6.54 Å². The second-order valence-corrected chi connectivity index (χ2v) is 12.4. The van der Waals surface area contributed by atoms with Crippen LogP contribution < -0.4 is 0 Å². The third-order valence-electron chi connectivity index (χ3n) is 6.31. The van der Waals surface area contributed by atoms with Crippen molar-refractivity contribution in [2.45, 2.75) is 68.9 Å². The van der Waals surface area contributed by atoms with Crippen molar-refractivity contribution in [3.8, 4) is 10.6 Å². The monoisotopic (exact) mass is 488 g/mol. The molecule has 9 heteroatoms.